The summed E-state index contributed by atoms with van der Waals surface area (Å²) >= 11 is 1.45. The summed E-state index contributed by atoms with van der Waals surface area (Å²) in [6.45, 7) is 1.86. The Hall–Kier alpha value is -3.26. The summed E-state index contributed by atoms with van der Waals surface area (Å²) in [7, 11) is 1.56. The molecule has 4 rings (SSSR count). The van der Waals surface area contributed by atoms with Crippen LogP contribution in [0.2, 0.25) is 0 Å². The third-order valence-electron chi connectivity index (χ3n) is 4.99. The topological polar surface area (TPSA) is 85.2 Å². The Kier molecular flexibility index (Phi) is 6.27. The van der Waals surface area contributed by atoms with Crippen molar-refractivity contribution < 1.29 is 14.3 Å². The third-order valence-corrected chi connectivity index (χ3v) is 6.09. The van der Waals surface area contributed by atoms with Gasteiger partial charge in [-0.15, -0.1) is 0 Å². The summed E-state index contributed by atoms with van der Waals surface area (Å²) in [5.74, 6) is 0.230. The molecule has 2 N–H and O–H groups in total. The predicted molar refractivity (Wildman–Crippen MR) is 122 cm³/mol. The average Bonchev–Trinajstić information content (AvgIpc) is 3.53. The molecule has 0 aliphatic heterocycles. The number of imidazole rings is 1. The molecule has 1 aromatic heterocycles. The molecule has 2 amide bonds. The van der Waals surface area contributed by atoms with Gasteiger partial charge in [-0.1, -0.05) is 23.9 Å². The molecule has 0 spiro atoms. The number of aromatic nitrogens is 2. The Morgan fingerprint density at radius 1 is 1.13 bits per heavy atom. The maximum Gasteiger partial charge on any atom is 0.255 e. The van der Waals surface area contributed by atoms with Gasteiger partial charge in [-0.3, -0.25) is 9.59 Å². The highest BCUT2D eigenvalue weighted by molar-refractivity contribution is 8.00. The zero-order valence-electron chi connectivity index (χ0n) is 17.4. The van der Waals surface area contributed by atoms with Gasteiger partial charge in [0.15, 0.2) is 5.16 Å². The van der Waals surface area contributed by atoms with Crippen LogP contribution in [-0.4, -0.2) is 33.7 Å². The monoisotopic (exact) mass is 436 g/mol. The molecule has 1 saturated carbocycles. The van der Waals surface area contributed by atoms with Crippen molar-refractivity contribution in [2.45, 2.75) is 36.2 Å². The Labute approximate surface area is 185 Å². The first-order chi connectivity index (χ1) is 15.0. The van der Waals surface area contributed by atoms with Crippen LogP contribution in [0.3, 0.4) is 0 Å². The number of anilines is 2. The van der Waals surface area contributed by atoms with Crippen LogP contribution in [0.25, 0.3) is 0 Å². The number of methoxy groups -OCH3 is 1. The van der Waals surface area contributed by atoms with Crippen LogP contribution in [-0.2, 0) is 4.79 Å². The summed E-state index contributed by atoms with van der Waals surface area (Å²) in [5, 5.41) is 6.31. The SMILES string of the molecule is COc1ccccc1NC(=O)c1ccc(NC(=O)C(C)Sc2nccn2C2CC2)cc1. The second-order valence-corrected chi connectivity index (χ2v) is 8.64. The predicted octanol–water partition coefficient (Wildman–Crippen LogP) is 4.60. The van der Waals surface area contributed by atoms with Gasteiger partial charge < -0.3 is 19.9 Å². The van der Waals surface area contributed by atoms with Gasteiger partial charge in [0.05, 0.1) is 18.0 Å². The second-order valence-electron chi connectivity index (χ2n) is 7.33. The smallest absolute Gasteiger partial charge is 0.255 e. The Bertz CT molecular complexity index is 1080. The van der Waals surface area contributed by atoms with Gasteiger partial charge in [0.2, 0.25) is 5.91 Å². The lowest BCUT2D eigenvalue weighted by Crippen LogP contribution is -2.23. The van der Waals surface area contributed by atoms with Crippen molar-refractivity contribution in [3.63, 3.8) is 0 Å². The molecule has 8 heteroatoms. The number of carbonyl (C=O) groups is 2. The molecule has 1 aliphatic rings. The van der Waals surface area contributed by atoms with E-state index in [1.807, 2.05) is 25.3 Å². The quantitative estimate of drug-likeness (QED) is 0.504. The molecule has 0 bridgehead atoms. The lowest BCUT2D eigenvalue weighted by Gasteiger charge is -2.13. The largest absolute Gasteiger partial charge is 0.495 e. The molecule has 0 radical (unpaired) electrons. The van der Waals surface area contributed by atoms with Gasteiger partial charge in [0, 0.05) is 29.7 Å². The van der Waals surface area contributed by atoms with Gasteiger partial charge in [-0.2, -0.15) is 0 Å². The molecule has 1 fully saturated rings. The van der Waals surface area contributed by atoms with Crippen LogP contribution in [0, 0.1) is 0 Å². The van der Waals surface area contributed by atoms with E-state index in [9.17, 15) is 9.59 Å². The number of thioether (sulfide) groups is 1. The Balaban J connectivity index is 1.34. The van der Waals surface area contributed by atoms with Gasteiger partial charge in [-0.25, -0.2) is 4.98 Å². The first-order valence-electron chi connectivity index (χ1n) is 10.1. The van der Waals surface area contributed by atoms with Crippen molar-refractivity contribution in [1.82, 2.24) is 9.55 Å². The van der Waals surface area contributed by atoms with Crippen molar-refractivity contribution in [2.75, 3.05) is 17.7 Å². The molecule has 7 nitrogen and oxygen atoms in total. The summed E-state index contributed by atoms with van der Waals surface area (Å²) in [5.41, 5.74) is 1.72. The molecule has 0 saturated heterocycles. The normalized spacial score (nSPS) is 14.0. The van der Waals surface area contributed by atoms with Gasteiger partial charge in [0.1, 0.15) is 5.75 Å². The molecular weight excluding hydrogens is 412 g/mol. The van der Waals surface area contributed by atoms with Crippen molar-refractivity contribution in [2.24, 2.45) is 0 Å². The second kappa shape index (κ2) is 9.26. The van der Waals surface area contributed by atoms with Crippen molar-refractivity contribution in [3.05, 3.63) is 66.5 Å². The van der Waals surface area contributed by atoms with Crippen molar-refractivity contribution >= 4 is 35.0 Å². The van der Waals surface area contributed by atoms with Crippen molar-refractivity contribution in [3.8, 4) is 5.75 Å². The number of carbonyl (C=O) groups excluding carboxylic acids is 2. The van der Waals surface area contributed by atoms with Gasteiger partial charge in [0.25, 0.3) is 5.91 Å². The number of benzene rings is 2. The first-order valence-corrected chi connectivity index (χ1v) is 11.0. The maximum atomic E-state index is 12.6. The third kappa shape index (κ3) is 5.08. The van der Waals surface area contributed by atoms with Crippen LogP contribution in [0.5, 0.6) is 5.75 Å². The highest BCUT2D eigenvalue weighted by Gasteiger charge is 2.27. The minimum atomic E-state index is -0.298. The fraction of sp³-hybridized carbons (Fsp3) is 0.261. The number of rotatable bonds is 8. The lowest BCUT2D eigenvalue weighted by molar-refractivity contribution is -0.115. The van der Waals surface area contributed by atoms with E-state index in [0.29, 0.717) is 28.7 Å². The number of ether oxygens (including phenoxy) is 1. The number of amides is 2. The van der Waals surface area contributed by atoms with Crippen LogP contribution < -0.4 is 15.4 Å². The Morgan fingerprint density at radius 2 is 1.87 bits per heavy atom. The fourth-order valence-corrected chi connectivity index (χ4v) is 4.06. The lowest BCUT2D eigenvalue weighted by atomic mass is 10.2. The molecule has 2 aromatic carbocycles. The standard InChI is InChI=1S/C23H24N4O3S/c1-15(31-23-24-13-14-27(23)18-11-12-18)21(28)25-17-9-7-16(8-10-17)22(29)26-19-5-3-4-6-20(19)30-2/h3-10,13-15,18H,11-12H2,1-2H3,(H,25,28)(H,26,29). The highest BCUT2D eigenvalue weighted by atomic mass is 32.2. The van der Waals surface area contributed by atoms with E-state index in [2.05, 4.69) is 20.2 Å². The number of nitrogens with one attached hydrogen (secondary N) is 2. The molecule has 1 unspecified atom stereocenters. The average molecular weight is 437 g/mol. The molecule has 3 aromatic rings. The van der Waals surface area contributed by atoms with Gasteiger partial charge in [-0.05, 0) is 56.2 Å². The number of hydrogen-bond acceptors (Lipinski definition) is 5. The first kappa shape index (κ1) is 21.0. The van der Waals surface area contributed by atoms with E-state index in [1.165, 1.54) is 24.6 Å². The number of nitrogens with zero attached hydrogens (tertiary/aromatic N) is 2. The minimum absolute atomic E-state index is 0.110. The maximum absolute atomic E-state index is 12.6. The summed E-state index contributed by atoms with van der Waals surface area (Å²) < 4.78 is 7.40. The van der Waals surface area contributed by atoms with Gasteiger partial charge >= 0.3 is 0 Å². The van der Waals surface area contributed by atoms with E-state index >= 15 is 0 Å². The molecule has 160 valence electrons. The number of hydrogen-bond donors (Lipinski definition) is 2. The van der Waals surface area contributed by atoms with E-state index in [-0.39, 0.29) is 17.1 Å². The van der Waals surface area contributed by atoms with Crippen molar-refractivity contribution in [1.29, 1.82) is 0 Å². The minimum Gasteiger partial charge on any atom is -0.495 e. The molecule has 1 atom stereocenters. The molecular formula is C23H24N4O3S. The number of para-hydroxylation sites is 2. The molecule has 1 aliphatic carbocycles. The molecule has 1 heterocycles. The fourth-order valence-electron chi connectivity index (χ4n) is 3.12. The summed E-state index contributed by atoms with van der Waals surface area (Å²) in [4.78, 5) is 29.5. The zero-order valence-corrected chi connectivity index (χ0v) is 18.2. The summed E-state index contributed by atoms with van der Waals surface area (Å²) in [6, 6.07) is 14.5. The van der Waals surface area contributed by atoms with Crippen LogP contribution >= 0.6 is 11.8 Å². The highest BCUT2D eigenvalue weighted by Crippen LogP contribution is 2.38. The van der Waals surface area contributed by atoms with Crippen LogP contribution in [0.4, 0.5) is 11.4 Å². The molecule has 31 heavy (non-hydrogen) atoms. The summed E-state index contributed by atoms with van der Waals surface area (Å²) in [6.07, 6.45) is 6.09. The van der Waals surface area contributed by atoms with E-state index < -0.39 is 0 Å². The van der Waals surface area contributed by atoms with E-state index in [4.69, 9.17) is 4.74 Å². The Morgan fingerprint density at radius 3 is 2.58 bits per heavy atom. The van der Waals surface area contributed by atoms with Crippen LogP contribution in [0.1, 0.15) is 36.2 Å². The van der Waals surface area contributed by atoms with Crippen LogP contribution in [0.15, 0.2) is 66.1 Å². The van der Waals surface area contributed by atoms with E-state index in [0.717, 1.165) is 5.16 Å². The van der Waals surface area contributed by atoms with E-state index in [1.54, 1.807) is 49.7 Å². The zero-order chi connectivity index (χ0) is 21.8.